The van der Waals surface area contributed by atoms with Gasteiger partial charge in [0.05, 0.1) is 23.8 Å². The first-order chi connectivity index (χ1) is 16.7. The minimum Gasteiger partial charge on any atom is -0.394 e. The molecular formula is C26H29Cl2FN2O4. The van der Waals surface area contributed by atoms with Crippen LogP contribution in [0.4, 0.5) is 10.1 Å². The molecule has 1 fully saturated rings. The number of amides is 1. The van der Waals surface area contributed by atoms with Crippen molar-refractivity contribution >= 4 is 40.6 Å². The van der Waals surface area contributed by atoms with E-state index in [1.807, 2.05) is 13.0 Å². The van der Waals surface area contributed by atoms with Crippen LogP contribution >= 0.6 is 23.2 Å². The van der Waals surface area contributed by atoms with Gasteiger partial charge in [-0.25, -0.2) is 4.39 Å². The number of fused-ring (bicyclic) bond motifs is 2. The molecule has 5 atom stereocenters. The molecule has 4 N–H and O–H groups in total. The molecule has 9 heteroatoms. The average Bonchev–Trinajstić information content (AvgIpc) is 3.30. The summed E-state index contributed by atoms with van der Waals surface area (Å²) in [6.07, 6.45) is 1.27. The Balaban J connectivity index is 1.85. The molecule has 35 heavy (non-hydrogen) atoms. The summed E-state index contributed by atoms with van der Waals surface area (Å²) in [5.74, 6) is -1.70. The fraction of sp³-hybridized carbons (Fsp3) is 0.462. The van der Waals surface area contributed by atoms with E-state index in [0.29, 0.717) is 34.7 Å². The van der Waals surface area contributed by atoms with E-state index in [1.54, 1.807) is 18.2 Å². The van der Waals surface area contributed by atoms with E-state index in [2.05, 4.69) is 10.6 Å². The number of hydrogen-bond donors (Lipinski definition) is 4. The highest BCUT2D eigenvalue weighted by atomic mass is 35.5. The Kier molecular flexibility index (Phi) is 7.83. The molecule has 4 rings (SSSR count). The van der Waals surface area contributed by atoms with Crippen molar-refractivity contribution in [3.63, 3.8) is 0 Å². The number of carbonyl (C=O) groups is 2. The number of aliphatic hydroxyl groups excluding tert-OH is 2. The molecule has 2 aliphatic rings. The van der Waals surface area contributed by atoms with E-state index >= 15 is 0 Å². The van der Waals surface area contributed by atoms with Crippen molar-refractivity contribution < 1.29 is 24.2 Å². The molecule has 6 nitrogen and oxygen atoms in total. The molecule has 1 saturated heterocycles. The Morgan fingerprint density at radius 3 is 2.71 bits per heavy atom. The smallest absolute Gasteiger partial charge is 0.237 e. The quantitative estimate of drug-likeness (QED) is 0.392. The molecule has 0 bridgehead atoms. The number of aliphatic hydroxyl groups is 2. The molecule has 188 valence electrons. The maximum absolute atomic E-state index is 14.8. The minimum absolute atomic E-state index is 0.0894. The molecular weight excluding hydrogens is 494 g/mol. The first kappa shape index (κ1) is 26.0. The summed E-state index contributed by atoms with van der Waals surface area (Å²) < 4.78 is 14.8. The minimum atomic E-state index is -1.24. The molecule has 0 aromatic heterocycles. The predicted molar refractivity (Wildman–Crippen MR) is 133 cm³/mol. The second-order valence-electron chi connectivity index (χ2n) is 9.35. The predicted octanol–water partition coefficient (Wildman–Crippen LogP) is 4.34. The Morgan fingerprint density at radius 1 is 1.26 bits per heavy atom. The lowest BCUT2D eigenvalue weighted by Crippen LogP contribution is -2.48. The third-order valence-corrected chi connectivity index (χ3v) is 7.71. The third-order valence-electron chi connectivity index (χ3n) is 7.19. The number of carbonyl (C=O) groups excluding carboxylic acids is 2. The van der Waals surface area contributed by atoms with E-state index < -0.39 is 35.3 Å². The number of hydrogen-bond acceptors (Lipinski definition) is 5. The van der Waals surface area contributed by atoms with Gasteiger partial charge in [0.15, 0.2) is 0 Å². The zero-order chi connectivity index (χ0) is 25.3. The van der Waals surface area contributed by atoms with E-state index in [9.17, 15) is 19.1 Å². The number of nitrogens with one attached hydrogen (secondary N) is 2. The molecule has 1 amide bonds. The van der Waals surface area contributed by atoms with Crippen LogP contribution in [0.1, 0.15) is 56.1 Å². The van der Waals surface area contributed by atoms with Gasteiger partial charge in [-0.2, -0.15) is 0 Å². The van der Waals surface area contributed by atoms with Crippen molar-refractivity contribution in [2.45, 2.75) is 68.5 Å². The van der Waals surface area contributed by atoms with Crippen molar-refractivity contribution in [1.82, 2.24) is 5.32 Å². The summed E-state index contributed by atoms with van der Waals surface area (Å²) >= 11 is 12.4. The lowest BCUT2D eigenvalue weighted by molar-refractivity contribution is -0.122. The van der Waals surface area contributed by atoms with Gasteiger partial charge in [0.2, 0.25) is 5.91 Å². The molecule has 1 spiro atoms. The van der Waals surface area contributed by atoms with Crippen LogP contribution in [0.2, 0.25) is 10.0 Å². The highest BCUT2D eigenvalue weighted by Crippen LogP contribution is 2.56. The zero-order valence-corrected chi connectivity index (χ0v) is 20.9. The molecule has 2 aromatic rings. The number of halogens is 3. The van der Waals surface area contributed by atoms with Gasteiger partial charge in [-0.05, 0) is 54.7 Å². The molecule has 2 aliphatic heterocycles. The first-order valence-corrected chi connectivity index (χ1v) is 12.6. The summed E-state index contributed by atoms with van der Waals surface area (Å²) in [6.45, 7) is 1.62. The van der Waals surface area contributed by atoms with E-state index in [0.717, 1.165) is 6.42 Å². The van der Waals surface area contributed by atoms with Crippen LogP contribution in [0.5, 0.6) is 0 Å². The number of ketones is 1. The van der Waals surface area contributed by atoms with Gasteiger partial charge < -0.3 is 20.8 Å². The number of rotatable bonds is 9. The summed E-state index contributed by atoms with van der Waals surface area (Å²) in [5.41, 5.74) is 0.379. The Morgan fingerprint density at radius 2 is 2.03 bits per heavy atom. The molecule has 0 unspecified atom stereocenters. The maximum Gasteiger partial charge on any atom is 0.237 e. The van der Waals surface area contributed by atoms with Crippen molar-refractivity contribution in [2.75, 3.05) is 11.9 Å². The fourth-order valence-electron chi connectivity index (χ4n) is 5.71. The van der Waals surface area contributed by atoms with Crippen molar-refractivity contribution in [3.8, 4) is 0 Å². The zero-order valence-electron chi connectivity index (χ0n) is 19.4. The van der Waals surface area contributed by atoms with Gasteiger partial charge in [-0.3, -0.25) is 9.59 Å². The first-order valence-electron chi connectivity index (χ1n) is 11.9. The monoisotopic (exact) mass is 522 g/mol. The Bertz CT molecular complexity index is 1130. The lowest BCUT2D eigenvalue weighted by Gasteiger charge is -2.35. The summed E-state index contributed by atoms with van der Waals surface area (Å²) in [4.78, 5) is 27.4. The second-order valence-corrected chi connectivity index (χ2v) is 10.2. The van der Waals surface area contributed by atoms with Crippen LogP contribution in [-0.2, 0) is 15.0 Å². The van der Waals surface area contributed by atoms with Gasteiger partial charge in [-0.15, -0.1) is 0 Å². The Labute approximate surface area is 213 Å². The third kappa shape index (κ3) is 4.60. The average molecular weight is 523 g/mol. The Hall–Kier alpha value is -2.03. The molecule has 0 radical (unpaired) electrons. The van der Waals surface area contributed by atoms with Crippen LogP contribution in [-0.4, -0.2) is 46.7 Å². The largest absolute Gasteiger partial charge is 0.394 e. The summed E-state index contributed by atoms with van der Waals surface area (Å²) in [6, 6.07) is 8.64. The van der Waals surface area contributed by atoms with Crippen molar-refractivity contribution in [2.24, 2.45) is 0 Å². The van der Waals surface area contributed by atoms with Crippen molar-refractivity contribution in [1.29, 1.82) is 0 Å². The molecule has 2 heterocycles. The van der Waals surface area contributed by atoms with Gasteiger partial charge in [0.25, 0.3) is 0 Å². The second kappa shape index (κ2) is 10.5. The SMILES string of the molecule is CCC[C@H]1N[C@@H](C(=O)CCC[C@H](O)CO)[C@H](c2cccc(Cl)c2)[C@@]12C(=O)Nc1cc(Cl)c(F)cc12. The van der Waals surface area contributed by atoms with Gasteiger partial charge in [0, 0.05) is 29.1 Å². The fourth-order valence-corrected chi connectivity index (χ4v) is 6.07. The van der Waals surface area contributed by atoms with Crippen LogP contribution in [0.3, 0.4) is 0 Å². The van der Waals surface area contributed by atoms with E-state index in [-0.39, 0.29) is 36.2 Å². The lowest BCUT2D eigenvalue weighted by atomic mass is 9.63. The van der Waals surface area contributed by atoms with Crippen LogP contribution in [0.15, 0.2) is 36.4 Å². The summed E-state index contributed by atoms with van der Waals surface area (Å²) in [5, 5.41) is 25.5. The normalized spacial score (nSPS) is 26.1. The topological polar surface area (TPSA) is 98.7 Å². The van der Waals surface area contributed by atoms with Gasteiger partial charge in [-0.1, -0.05) is 48.7 Å². The van der Waals surface area contributed by atoms with Crippen LogP contribution in [0.25, 0.3) is 0 Å². The maximum atomic E-state index is 14.8. The van der Waals surface area contributed by atoms with Crippen molar-refractivity contribution in [3.05, 3.63) is 63.4 Å². The van der Waals surface area contributed by atoms with Crippen LogP contribution in [0, 0.1) is 5.82 Å². The molecule has 0 aliphatic carbocycles. The van der Waals surface area contributed by atoms with E-state index in [1.165, 1.54) is 12.1 Å². The highest BCUT2D eigenvalue weighted by molar-refractivity contribution is 6.31. The van der Waals surface area contributed by atoms with Crippen LogP contribution < -0.4 is 10.6 Å². The van der Waals surface area contributed by atoms with E-state index in [4.69, 9.17) is 28.3 Å². The number of anilines is 1. The number of Topliss-reactive ketones (excluding diaryl/α,β-unsaturated/α-hetero) is 1. The molecule has 2 aromatic carbocycles. The van der Waals surface area contributed by atoms with Gasteiger partial charge >= 0.3 is 0 Å². The van der Waals surface area contributed by atoms with Gasteiger partial charge in [0.1, 0.15) is 17.0 Å². The molecule has 0 saturated carbocycles. The number of benzene rings is 2. The summed E-state index contributed by atoms with van der Waals surface area (Å²) in [7, 11) is 0. The standard InChI is InChI=1S/C26H29Cl2FN2O4/c1-2-5-22-26(17-11-19(29)18(28)12-20(17)30-25(26)35)23(14-6-3-7-15(27)10-14)24(31-22)21(34)9-4-8-16(33)13-32/h3,6-7,10-12,16,22-24,31-33H,2,4-5,8-9,13H2,1H3,(H,30,35)/t16-,22+,23-,24-,26-/m0/s1. The highest BCUT2D eigenvalue weighted by Gasteiger charge is 2.65.